The summed E-state index contributed by atoms with van der Waals surface area (Å²) in [5, 5.41) is 31.4. The molecule has 1 N–H and O–H groups in total. The summed E-state index contributed by atoms with van der Waals surface area (Å²) in [6.45, 7) is 6.37. The molecule has 202 valence electrons. The quantitative estimate of drug-likeness (QED) is 0.382. The Balaban J connectivity index is 1.73. The van der Waals surface area contributed by atoms with E-state index in [0.717, 1.165) is 5.56 Å². The lowest BCUT2D eigenvalue weighted by molar-refractivity contribution is -0.385. The molecule has 0 aliphatic carbocycles. The molecule has 0 saturated carbocycles. The second-order valence-corrected chi connectivity index (χ2v) is 10.0. The molecule has 0 spiro atoms. The molecule has 1 fully saturated rings. The normalized spacial score (nSPS) is 15.1. The molecule has 1 amide bonds. The van der Waals surface area contributed by atoms with E-state index in [1.165, 1.54) is 25.3 Å². The van der Waals surface area contributed by atoms with E-state index in [1.54, 1.807) is 35.2 Å². The van der Waals surface area contributed by atoms with E-state index in [9.17, 15) is 20.0 Å². The number of hydrogen-bond acceptors (Lipinski definition) is 8. The van der Waals surface area contributed by atoms with E-state index in [0.29, 0.717) is 42.8 Å². The number of nitrogens with zero attached hydrogens (tertiary/aromatic N) is 3. The number of nitro groups is 1. The van der Waals surface area contributed by atoms with E-state index in [2.05, 4.69) is 6.07 Å². The average molecular weight is 524 g/mol. The Kier molecular flexibility index (Phi) is 9.31. The minimum Gasteiger partial charge on any atom is -0.493 e. The average Bonchev–Trinajstić information content (AvgIpc) is 2.87. The van der Waals surface area contributed by atoms with Gasteiger partial charge < -0.3 is 24.2 Å². The van der Waals surface area contributed by atoms with Crippen LogP contribution in [0.25, 0.3) is 6.08 Å². The summed E-state index contributed by atoms with van der Waals surface area (Å²) >= 11 is 0. The van der Waals surface area contributed by atoms with Gasteiger partial charge in [0.05, 0.1) is 35.8 Å². The summed E-state index contributed by atoms with van der Waals surface area (Å²) in [6.07, 6.45) is 2.67. The van der Waals surface area contributed by atoms with E-state index in [1.807, 2.05) is 20.8 Å². The van der Waals surface area contributed by atoms with Crippen LogP contribution >= 0.6 is 0 Å². The maximum Gasteiger partial charge on any atom is 0.410 e. The number of nitro benzene ring substituents is 1. The highest BCUT2D eigenvalue weighted by atomic mass is 16.6. The first-order valence-corrected chi connectivity index (χ1v) is 12.4. The van der Waals surface area contributed by atoms with Gasteiger partial charge >= 0.3 is 6.09 Å². The molecular formula is C28H33N3O7. The second kappa shape index (κ2) is 12.4. The maximum absolute atomic E-state index is 12.3. The van der Waals surface area contributed by atoms with Crippen LogP contribution in [-0.4, -0.2) is 59.0 Å². The van der Waals surface area contributed by atoms with E-state index in [4.69, 9.17) is 19.5 Å². The fourth-order valence-electron chi connectivity index (χ4n) is 4.07. The van der Waals surface area contributed by atoms with Crippen molar-refractivity contribution in [2.75, 3.05) is 20.2 Å². The molecule has 0 radical (unpaired) electrons. The minimum absolute atomic E-state index is 0.0256. The van der Waals surface area contributed by atoms with Crippen molar-refractivity contribution in [3.8, 4) is 17.6 Å². The zero-order chi connectivity index (χ0) is 27.9. The molecule has 2 aromatic rings. The van der Waals surface area contributed by atoms with Crippen molar-refractivity contribution in [1.82, 2.24) is 4.90 Å². The van der Waals surface area contributed by atoms with Gasteiger partial charge in [0.25, 0.3) is 5.69 Å². The number of amides is 1. The number of nitriles is 1. The lowest BCUT2D eigenvalue weighted by atomic mass is 10.0. The van der Waals surface area contributed by atoms with Crippen LogP contribution in [0.4, 0.5) is 10.5 Å². The van der Waals surface area contributed by atoms with Crippen molar-refractivity contribution in [2.24, 2.45) is 0 Å². The first-order chi connectivity index (χ1) is 18.0. The number of piperidine rings is 1. The molecule has 1 heterocycles. The van der Waals surface area contributed by atoms with Gasteiger partial charge in [0.1, 0.15) is 11.7 Å². The fraction of sp³-hybridized carbons (Fsp3) is 0.429. The van der Waals surface area contributed by atoms with Crippen LogP contribution in [0.3, 0.4) is 0 Å². The number of likely N-dealkylation sites (tertiary alicyclic amines) is 1. The number of benzene rings is 2. The molecule has 10 nitrogen and oxygen atoms in total. The van der Waals surface area contributed by atoms with Gasteiger partial charge in [0.15, 0.2) is 11.5 Å². The van der Waals surface area contributed by atoms with Crippen LogP contribution in [0.2, 0.25) is 0 Å². The van der Waals surface area contributed by atoms with Crippen LogP contribution in [0.15, 0.2) is 42.5 Å². The number of hydrogen-bond donors (Lipinski definition) is 1. The van der Waals surface area contributed by atoms with Crippen LogP contribution in [0.5, 0.6) is 11.5 Å². The topological polar surface area (TPSA) is 135 Å². The zero-order valence-corrected chi connectivity index (χ0v) is 22.0. The molecule has 1 unspecified atom stereocenters. The molecule has 1 aliphatic heterocycles. The Morgan fingerprint density at radius 2 is 1.97 bits per heavy atom. The number of carbonyl (C=O) groups is 1. The number of rotatable bonds is 8. The molecular weight excluding hydrogens is 490 g/mol. The molecule has 0 aromatic heterocycles. The Hall–Kier alpha value is -4.10. The molecule has 2 aromatic carbocycles. The largest absolute Gasteiger partial charge is 0.493 e. The SMILES string of the molecule is COc1cc([N+](=O)[O-])c(CC(O)/C=C/c2cccc(C#N)c2)cc1OC1CCN(C(=O)OC(C)(C)C)CC1. The highest BCUT2D eigenvalue weighted by molar-refractivity contribution is 5.68. The molecule has 1 aliphatic rings. The van der Waals surface area contributed by atoms with Gasteiger partial charge in [-0.15, -0.1) is 0 Å². The third-order valence-electron chi connectivity index (χ3n) is 5.90. The monoisotopic (exact) mass is 523 g/mol. The van der Waals surface area contributed by atoms with Crippen molar-refractivity contribution < 1.29 is 29.0 Å². The summed E-state index contributed by atoms with van der Waals surface area (Å²) in [6, 6.07) is 11.8. The van der Waals surface area contributed by atoms with Gasteiger partial charge in [-0.3, -0.25) is 10.1 Å². The van der Waals surface area contributed by atoms with E-state index < -0.39 is 16.6 Å². The molecule has 0 bridgehead atoms. The van der Waals surface area contributed by atoms with Gasteiger partial charge in [-0.1, -0.05) is 24.3 Å². The molecule has 1 saturated heterocycles. The highest BCUT2D eigenvalue weighted by Crippen LogP contribution is 2.37. The Labute approximate surface area is 222 Å². The van der Waals surface area contributed by atoms with Crippen LogP contribution < -0.4 is 9.47 Å². The predicted molar refractivity (Wildman–Crippen MR) is 141 cm³/mol. The van der Waals surface area contributed by atoms with E-state index in [-0.39, 0.29) is 30.1 Å². The van der Waals surface area contributed by atoms with Gasteiger partial charge in [0, 0.05) is 37.9 Å². The summed E-state index contributed by atoms with van der Waals surface area (Å²) in [5.41, 5.74) is 0.751. The van der Waals surface area contributed by atoms with Crippen LogP contribution in [0.1, 0.15) is 50.3 Å². The zero-order valence-electron chi connectivity index (χ0n) is 22.0. The highest BCUT2D eigenvalue weighted by Gasteiger charge is 2.29. The van der Waals surface area contributed by atoms with Crippen molar-refractivity contribution in [2.45, 2.75) is 57.8 Å². The predicted octanol–water partition coefficient (Wildman–Crippen LogP) is 4.87. The standard InChI is InChI=1S/C28H33N3O7/c1-28(2,3)38-27(33)30-12-10-23(11-13-30)37-26-16-21(24(31(34)35)17-25(26)36-4)15-22(32)9-8-19-6-5-7-20(14-19)18-29/h5-9,14,16-17,22-23,32H,10-13,15H2,1-4H3/b9-8+. The van der Waals surface area contributed by atoms with Gasteiger partial charge in [-0.05, 0) is 44.5 Å². The fourth-order valence-corrected chi connectivity index (χ4v) is 4.07. The lowest BCUT2D eigenvalue weighted by Crippen LogP contribution is -2.44. The number of methoxy groups -OCH3 is 1. The molecule has 3 rings (SSSR count). The smallest absolute Gasteiger partial charge is 0.410 e. The summed E-state index contributed by atoms with van der Waals surface area (Å²) < 4.78 is 17.0. The third kappa shape index (κ3) is 7.95. The summed E-state index contributed by atoms with van der Waals surface area (Å²) in [4.78, 5) is 25.2. The van der Waals surface area contributed by atoms with Crippen molar-refractivity contribution >= 4 is 17.9 Å². The molecule has 38 heavy (non-hydrogen) atoms. The maximum atomic E-state index is 12.3. The Bertz CT molecular complexity index is 1220. The first-order valence-electron chi connectivity index (χ1n) is 12.4. The molecule has 10 heteroatoms. The van der Waals surface area contributed by atoms with Crippen LogP contribution in [0, 0.1) is 21.4 Å². The number of carbonyl (C=O) groups excluding carboxylic acids is 1. The van der Waals surface area contributed by atoms with Crippen molar-refractivity contribution in [3.05, 3.63) is 69.3 Å². The van der Waals surface area contributed by atoms with Gasteiger partial charge in [-0.25, -0.2) is 4.79 Å². The Morgan fingerprint density at radius 3 is 2.58 bits per heavy atom. The van der Waals surface area contributed by atoms with E-state index >= 15 is 0 Å². The third-order valence-corrected chi connectivity index (χ3v) is 5.90. The first kappa shape index (κ1) is 28.5. The van der Waals surface area contributed by atoms with Gasteiger partial charge in [0.2, 0.25) is 0 Å². The van der Waals surface area contributed by atoms with Crippen LogP contribution in [-0.2, 0) is 11.2 Å². The minimum atomic E-state index is -1.02. The second-order valence-electron chi connectivity index (χ2n) is 10.0. The lowest BCUT2D eigenvalue weighted by Gasteiger charge is -2.33. The van der Waals surface area contributed by atoms with Crippen molar-refractivity contribution in [1.29, 1.82) is 5.26 Å². The molecule has 1 atom stereocenters. The number of ether oxygens (including phenoxy) is 3. The summed E-state index contributed by atoms with van der Waals surface area (Å²) in [7, 11) is 1.41. The van der Waals surface area contributed by atoms with Gasteiger partial charge in [-0.2, -0.15) is 5.26 Å². The summed E-state index contributed by atoms with van der Waals surface area (Å²) in [5.74, 6) is 0.551. The van der Waals surface area contributed by atoms with Crippen molar-refractivity contribution in [3.63, 3.8) is 0 Å². The Morgan fingerprint density at radius 1 is 1.26 bits per heavy atom. The number of aliphatic hydroxyl groups excluding tert-OH is 1. The number of aliphatic hydroxyl groups is 1.